The number of likely N-dealkylation sites (tertiary alicyclic amines) is 1. The smallest absolute Gasteiger partial charge is 0.305 e. The van der Waals surface area contributed by atoms with E-state index >= 15 is 0 Å². The first kappa shape index (κ1) is 13.3. The standard InChI is InChI=1S/C14H16N2O3/c1-2-10-6-13(17)16(9-10)12(7-14(18)19)11-4-3-5-15-8-11/h2-5,8,10,12H,1,6-7,9H2,(H,18,19). The van der Waals surface area contributed by atoms with Crippen LogP contribution in [0.25, 0.3) is 0 Å². The molecule has 0 saturated carbocycles. The van der Waals surface area contributed by atoms with E-state index in [4.69, 9.17) is 5.11 Å². The minimum absolute atomic E-state index is 0.0278. The summed E-state index contributed by atoms with van der Waals surface area (Å²) in [6.07, 6.45) is 5.28. The van der Waals surface area contributed by atoms with Crippen molar-refractivity contribution in [2.75, 3.05) is 6.54 Å². The highest BCUT2D eigenvalue weighted by atomic mass is 16.4. The normalized spacial score (nSPS) is 20.3. The molecular weight excluding hydrogens is 244 g/mol. The Kier molecular flexibility index (Phi) is 3.94. The van der Waals surface area contributed by atoms with E-state index in [1.54, 1.807) is 35.5 Å². The van der Waals surface area contributed by atoms with Gasteiger partial charge in [-0.1, -0.05) is 12.1 Å². The molecule has 2 unspecified atom stereocenters. The Morgan fingerprint density at radius 2 is 2.47 bits per heavy atom. The topological polar surface area (TPSA) is 70.5 Å². The Hall–Kier alpha value is -2.17. The molecule has 100 valence electrons. The van der Waals surface area contributed by atoms with Gasteiger partial charge in [0.05, 0.1) is 12.5 Å². The second-order valence-corrected chi connectivity index (χ2v) is 4.65. The number of aliphatic carboxylic acids is 1. The maximum Gasteiger partial charge on any atom is 0.305 e. The van der Waals surface area contributed by atoms with E-state index in [9.17, 15) is 9.59 Å². The third-order valence-electron chi connectivity index (χ3n) is 3.34. The van der Waals surface area contributed by atoms with Gasteiger partial charge < -0.3 is 10.0 Å². The molecule has 0 aromatic carbocycles. The van der Waals surface area contributed by atoms with Crippen molar-refractivity contribution < 1.29 is 14.7 Å². The molecule has 1 saturated heterocycles. The van der Waals surface area contributed by atoms with Crippen LogP contribution < -0.4 is 0 Å². The number of nitrogens with zero attached hydrogens (tertiary/aromatic N) is 2. The van der Waals surface area contributed by atoms with Crippen molar-refractivity contribution in [3.8, 4) is 0 Å². The molecule has 2 atom stereocenters. The summed E-state index contributed by atoms with van der Waals surface area (Å²) >= 11 is 0. The van der Waals surface area contributed by atoms with Crippen LogP contribution in [0.5, 0.6) is 0 Å². The van der Waals surface area contributed by atoms with Gasteiger partial charge in [-0.15, -0.1) is 6.58 Å². The Morgan fingerprint density at radius 3 is 3.00 bits per heavy atom. The van der Waals surface area contributed by atoms with Crippen molar-refractivity contribution in [3.05, 3.63) is 42.7 Å². The van der Waals surface area contributed by atoms with Crippen molar-refractivity contribution in [2.45, 2.75) is 18.9 Å². The van der Waals surface area contributed by atoms with Gasteiger partial charge in [0, 0.05) is 31.3 Å². The molecule has 5 nitrogen and oxygen atoms in total. The molecule has 1 aliphatic heterocycles. The van der Waals surface area contributed by atoms with E-state index in [2.05, 4.69) is 11.6 Å². The molecule has 1 aromatic rings. The van der Waals surface area contributed by atoms with Crippen molar-refractivity contribution >= 4 is 11.9 Å². The van der Waals surface area contributed by atoms with Gasteiger partial charge in [0.2, 0.25) is 5.91 Å². The van der Waals surface area contributed by atoms with Crippen LogP contribution in [0, 0.1) is 5.92 Å². The first-order valence-corrected chi connectivity index (χ1v) is 6.15. The predicted molar refractivity (Wildman–Crippen MR) is 69.2 cm³/mol. The largest absolute Gasteiger partial charge is 0.481 e. The Labute approximate surface area is 111 Å². The fourth-order valence-electron chi connectivity index (χ4n) is 2.37. The molecule has 1 N–H and O–H groups in total. The van der Waals surface area contributed by atoms with Crippen molar-refractivity contribution in [1.82, 2.24) is 9.88 Å². The minimum Gasteiger partial charge on any atom is -0.481 e. The van der Waals surface area contributed by atoms with Crippen LogP contribution in [0.4, 0.5) is 0 Å². The van der Waals surface area contributed by atoms with Gasteiger partial charge in [0.1, 0.15) is 0 Å². The number of amides is 1. The van der Waals surface area contributed by atoms with E-state index in [1.807, 2.05) is 0 Å². The number of carbonyl (C=O) groups is 2. The number of carboxylic acids is 1. The lowest BCUT2D eigenvalue weighted by Crippen LogP contribution is -2.32. The first-order chi connectivity index (χ1) is 9.11. The molecule has 2 rings (SSSR count). The zero-order chi connectivity index (χ0) is 13.8. The Morgan fingerprint density at radius 1 is 1.68 bits per heavy atom. The highest BCUT2D eigenvalue weighted by molar-refractivity contribution is 5.80. The van der Waals surface area contributed by atoms with Crippen LogP contribution in [-0.2, 0) is 9.59 Å². The molecule has 0 aliphatic carbocycles. The van der Waals surface area contributed by atoms with Gasteiger partial charge in [-0.3, -0.25) is 14.6 Å². The summed E-state index contributed by atoms with van der Waals surface area (Å²) in [4.78, 5) is 28.6. The molecule has 1 aromatic heterocycles. The van der Waals surface area contributed by atoms with E-state index < -0.39 is 12.0 Å². The van der Waals surface area contributed by atoms with Gasteiger partial charge in [-0.25, -0.2) is 0 Å². The number of pyridine rings is 1. The molecule has 2 heterocycles. The lowest BCUT2D eigenvalue weighted by Gasteiger charge is -2.27. The van der Waals surface area contributed by atoms with Gasteiger partial charge in [0.25, 0.3) is 0 Å². The minimum atomic E-state index is -0.927. The van der Waals surface area contributed by atoms with E-state index in [0.29, 0.717) is 13.0 Å². The van der Waals surface area contributed by atoms with Crippen molar-refractivity contribution in [2.24, 2.45) is 5.92 Å². The first-order valence-electron chi connectivity index (χ1n) is 6.15. The number of rotatable bonds is 5. The molecule has 0 spiro atoms. The lowest BCUT2D eigenvalue weighted by molar-refractivity contribution is -0.139. The highest BCUT2D eigenvalue weighted by Crippen LogP contribution is 2.31. The molecule has 1 aliphatic rings. The van der Waals surface area contributed by atoms with E-state index in [1.165, 1.54) is 0 Å². The van der Waals surface area contributed by atoms with Gasteiger partial charge >= 0.3 is 5.97 Å². The number of carbonyl (C=O) groups excluding carboxylic acids is 1. The summed E-state index contributed by atoms with van der Waals surface area (Å²) in [6, 6.07) is 3.09. The number of hydrogen-bond acceptors (Lipinski definition) is 3. The summed E-state index contributed by atoms with van der Waals surface area (Å²) < 4.78 is 0. The average molecular weight is 260 g/mol. The van der Waals surface area contributed by atoms with Gasteiger partial charge in [-0.2, -0.15) is 0 Å². The lowest BCUT2D eigenvalue weighted by atomic mass is 10.0. The molecule has 5 heteroatoms. The SMILES string of the molecule is C=CC1CC(=O)N(C(CC(=O)O)c2cccnc2)C1. The van der Waals surface area contributed by atoms with Gasteiger partial charge in [0.15, 0.2) is 0 Å². The van der Waals surface area contributed by atoms with Crippen molar-refractivity contribution in [3.63, 3.8) is 0 Å². The fourth-order valence-corrected chi connectivity index (χ4v) is 2.37. The van der Waals surface area contributed by atoms with Crippen LogP contribution in [0.1, 0.15) is 24.4 Å². The maximum absolute atomic E-state index is 12.0. The Bertz CT molecular complexity index is 487. The Balaban J connectivity index is 2.26. The monoisotopic (exact) mass is 260 g/mol. The molecule has 19 heavy (non-hydrogen) atoms. The van der Waals surface area contributed by atoms with Crippen molar-refractivity contribution in [1.29, 1.82) is 0 Å². The van der Waals surface area contributed by atoms with Crippen LogP contribution in [0.15, 0.2) is 37.2 Å². The van der Waals surface area contributed by atoms with Crippen LogP contribution in [0.2, 0.25) is 0 Å². The summed E-state index contributed by atoms with van der Waals surface area (Å²) in [6.45, 7) is 4.22. The predicted octanol–water partition coefficient (Wildman–Crippen LogP) is 1.63. The second kappa shape index (κ2) is 5.65. The maximum atomic E-state index is 12.0. The summed E-state index contributed by atoms with van der Waals surface area (Å²) in [5, 5.41) is 9.04. The third-order valence-corrected chi connectivity index (χ3v) is 3.34. The molecule has 1 fully saturated rings. The van der Waals surface area contributed by atoms with Crippen LogP contribution >= 0.6 is 0 Å². The quantitative estimate of drug-likeness (QED) is 0.817. The summed E-state index contributed by atoms with van der Waals surface area (Å²) in [7, 11) is 0. The summed E-state index contributed by atoms with van der Waals surface area (Å²) in [5.74, 6) is -0.857. The number of hydrogen-bond donors (Lipinski definition) is 1. The zero-order valence-corrected chi connectivity index (χ0v) is 10.5. The summed E-state index contributed by atoms with van der Waals surface area (Å²) in [5.41, 5.74) is 0.753. The fraction of sp³-hybridized carbons (Fsp3) is 0.357. The number of aromatic nitrogens is 1. The third kappa shape index (κ3) is 2.99. The van der Waals surface area contributed by atoms with Crippen LogP contribution in [-0.4, -0.2) is 33.4 Å². The van der Waals surface area contributed by atoms with Crippen LogP contribution in [0.3, 0.4) is 0 Å². The second-order valence-electron chi connectivity index (χ2n) is 4.65. The molecule has 0 bridgehead atoms. The molecule has 0 radical (unpaired) electrons. The zero-order valence-electron chi connectivity index (χ0n) is 10.5. The average Bonchev–Trinajstić information content (AvgIpc) is 2.78. The molecule has 1 amide bonds. The van der Waals surface area contributed by atoms with E-state index in [-0.39, 0.29) is 18.2 Å². The molecular formula is C14H16N2O3. The van der Waals surface area contributed by atoms with Gasteiger partial charge in [-0.05, 0) is 11.6 Å². The van der Waals surface area contributed by atoms with E-state index in [0.717, 1.165) is 5.56 Å². The highest BCUT2D eigenvalue weighted by Gasteiger charge is 2.34. The number of carboxylic acid groups (broad SMARTS) is 1.